The largest absolute Gasteiger partial charge is 0.311 e. The van der Waals surface area contributed by atoms with Gasteiger partial charge in [-0.2, -0.15) is 16.9 Å². The van der Waals surface area contributed by atoms with Gasteiger partial charge in [0.1, 0.15) is 0 Å². The fourth-order valence-corrected chi connectivity index (χ4v) is 3.69. The summed E-state index contributed by atoms with van der Waals surface area (Å²) in [6.45, 7) is 1.97. The molecule has 1 heterocycles. The van der Waals surface area contributed by atoms with E-state index >= 15 is 0 Å². The van der Waals surface area contributed by atoms with Crippen LogP contribution in [0, 0.1) is 0 Å². The number of hydrogen-bond donors (Lipinski definition) is 2. The highest BCUT2D eigenvalue weighted by atomic mass is 32.2. The van der Waals surface area contributed by atoms with E-state index in [4.69, 9.17) is 0 Å². The van der Waals surface area contributed by atoms with Crippen molar-refractivity contribution in [3.63, 3.8) is 0 Å². The van der Waals surface area contributed by atoms with Crippen LogP contribution < -0.4 is 5.32 Å². The Morgan fingerprint density at radius 2 is 2.10 bits per heavy atom. The molecule has 0 aliphatic heterocycles. The Morgan fingerprint density at radius 3 is 2.75 bits per heavy atom. The highest BCUT2D eigenvalue weighted by molar-refractivity contribution is 8.00. The van der Waals surface area contributed by atoms with Gasteiger partial charge in [-0.3, -0.25) is 5.10 Å². The third kappa shape index (κ3) is 2.76. The van der Waals surface area contributed by atoms with Gasteiger partial charge in [-0.05, 0) is 24.7 Å². The van der Waals surface area contributed by atoms with Crippen LogP contribution in [0.4, 0.5) is 0 Å². The summed E-state index contributed by atoms with van der Waals surface area (Å²) < 4.78 is 0.483. The van der Waals surface area contributed by atoms with Gasteiger partial charge in [0.05, 0.1) is 11.9 Å². The first-order chi connectivity index (χ1) is 9.83. The molecule has 1 aliphatic rings. The Bertz CT molecular complexity index is 540. The Labute approximate surface area is 124 Å². The summed E-state index contributed by atoms with van der Waals surface area (Å²) >= 11 is 2.01. The van der Waals surface area contributed by atoms with Gasteiger partial charge < -0.3 is 5.32 Å². The van der Waals surface area contributed by atoms with Crippen molar-refractivity contribution in [2.45, 2.75) is 30.6 Å². The van der Waals surface area contributed by atoms with E-state index in [1.807, 2.05) is 24.0 Å². The average Bonchev–Trinajstić information content (AvgIpc) is 2.91. The molecule has 1 aliphatic carbocycles. The standard InChI is InChI=1S/C16H21N3S/c1-20-16(8-5-9-16)12-17-10-14-11-18-19-15(14)13-6-3-2-4-7-13/h2-4,6-7,11,17H,5,8-10,12H2,1H3,(H,18,19). The molecule has 20 heavy (non-hydrogen) atoms. The zero-order valence-electron chi connectivity index (χ0n) is 11.9. The summed E-state index contributed by atoms with van der Waals surface area (Å²) in [5, 5.41) is 10.9. The maximum Gasteiger partial charge on any atom is 0.0695 e. The number of benzene rings is 1. The molecule has 3 rings (SSSR count). The molecule has 2 aromatic rings. The van der Waals surface area contributed by atoms with E-state index in [1.165, 1.54) is 30.4 Å². The van der Waals surface area contributed by atoms with E-state index in [2.05, 4.69) is 46.0 Å². The highest BCUT2D eigenvalue weighted by Gasteiger charge is 2.35. The van der Waals surface area contributed by atoms with Gasteiger partial charge in [0, 0.05) is 23.4 Å². The molecular formula is C16H21N3S. The number of aromatic amines is 1. The van der Waals surface area contributed by atoms with Crippen LogP contribution in [-0.4, -0.2) is 27.7 Å². The third-order valence-corrected chi connectivity index (χ3v) is 5.66. The van der Waals surface area contributed by atoms with Gasteiger partial charge >= 0.3 is 0 Å². The number of aromatic nitrogens is 2. The zero-order valence-corrected chi connectivity index (χ0v) is 12.7. The molecule has 1 fully saturated rings. The van der Waals surface area contributed by atoms with Crippen molar-refractivity contribution in [1.82, 2.24) is 15.5 Å². The van der Waals surface area contributed by atoms with Crippen molar-refractivity contribution < 1.29 is 0 Å². The van der Waals surface area contributed by atoms with Crippen LogP contribution in [0.2, 0.25) is 0 Å². The predicted octanol–water partition coefficient (Wildman–Crippen LogP) is 3.45. The predicted molar refractivity (Wildman–Crippen MR) is 85.8 cm³/mol. The van der Waals surface area contributed by atoms with Crippen LogP contribution >= 0.6 is 11.8 Å². The van der Waals surface area contributed by atoms with Gasteiger partial charge in [0.2, 0.25) is 0 Å². The average molecular weight is 287 g/mol. The lowest BCUT2D eigenvalue weighted by atomic mass is 9.84. The Kier molecular flexibility index (Phi) is 4.13. The highest BCUT2D eigenvalue weighted by Crippen LogP contribution is 2.42. The molecule has 4 heteroatoms. The number of nitrogens with zero attached hydrogens (tertiary/aromatic N) is 1. The molecule has 0 radical (unpaired) electrons. The van der Waals surface area contributed by atoms with E-state index < -0.39 is 0 Å². The monoisotopic (exact) mass is 287 g/mol. The number of rotatable bonds is 6. The first kappa shape index (κ1) is 13.7. The lowest BCUT2D eigenvalue weighted by Gasteiger charge is -2.40. The smallest absolute Gasteiger partial charge is 0.0695 e. The van der Waals surface area contributed by atoms with E-state index in [1.54, 1.807) is 0 Å². The van der Waals surface area contributed by atoms with Crippen molar-refractivity contribution in [1.29, 1.82) is 0 Å². The van der Waals surface area contributed by atoms with Gasteiger partial charge in [-0.1, -0.05) is 36.8 Å². The molecule has 106 valence electrons. The number of nitrogens with one attached hydrogen (secondary N) is 2. The number of hydrogen-bond acceptors (Lipinski definition) is 3. The summed E-state index contributed by atoms with van der Waals surface area (Å²) in [5.41, 5.74) is 3.57. The summed E-state index contributed by atoms with van der Waals surface area (Å²) in [5.74, 6) is 0. The van der Waals surface area contributed by atoms with Crippen LogP contribution in [0.15, 0.2) is 36.5 Å². The van der Waals surface area contributed by atoms with Crippen molar-refractivity contribution in [2.75, 3.05) is 12.8 Å². The molecular weight excluding hydrogens is 266 g/mol. The molecule has 0 amide bonds. The molecule has 1 aromatic heterocycles. The van der Waals surface area contributed by atoms with Gasteiger partial charge in [0.15, 0.2) is 0 Å². The summed E-state index contributed by atoms with van der Waals surface area (Å²) in [7, 11) is 0. The van der Waals surface area contributed by atoms with E-state index in [9.17, 15) is 0 Å². The molecule has 3 nitrogen and oxygen atoms in total. The maximum atomic E-state index is 4.20. The molecule has 0 saturated heterocycles. The molecule has 0 bridgehead atoms. The Balaban J connectivity index is 1.63. The normalized spacial score (nSPS) is 16.9. The van der Waals surface area contributed by atoms with Gasteiger partial charge in [-0.15, -0.1) is 0 Å². The SMILES string of the molecule is CSC1(CNCc2cn[nH]c2-c2ccccc2)CCC1. The lowest BCUT2D eigenvalue weighted by Crippen LogP contribution is -2.43. The second kappa shape index (κ2) is 6.02. The zero-order chi connectivity index (χ0) is 13.8. The van der Waals surface area contributed by atoms with Crippen molar-refractivity contribution >= 4 is 11.8 Å². The van der Waals surface area contributed by atoms with Crippen LogP contribution in [0.1, 0.15) is 24.8 Å². The second-order valence-corrected chi connectivity index (χ2v) is 6.75. The minimum Gasteiger partial charge on any atom is -0.311 e. The molecule has 1 saturated carbocycles. The third-order valence-electron chi connectivity index (χ3n) is 4.24. The molecule has 0 spiro atoms. The minimum atomic E-state index is 0.483. The summed E-state index contributed by atoms with van der Waals surface area (Å²) in [4.78, 5) is 0. The first-order valence-corrected chi connectivity index (χ1v) is 8.39. The topological polar surface area (TPSA) is 40.7 Å². The van der Waals surface area contributed by atoms with E-state index in [-0.39, 0.29) is 0 Å². The molecule has 0 atom stereocenters. The quantitative estimate of drug-likeness (QED) is 0.855. The minimum absolute atomic E-state index is 0.483. The fraction of sp³-hybridized carbons (Fsp3) is 0.438. The van der Waals surface area contributed by atoms with Crippen molar-refractivity contribution in [3.8, 4) is 11.3 Å². The molecule has 1 aromatic carbocycles. The number of H-pyrrole nitrogens is 1. The van der Waals surface area contributed by atoms with Crippen LogP contribution in [0.3, 0.4) is 0 Å². The maximum absolute atomic E-state index is 4.20. The first-order valence-electron chi connectivity index (χ1n) is 7.16. The van der Waals surface area contributed by atoms with E-state index in [0.717, 1.165) is 18.8 Å². The van der Waals surface area contributed by atoms with Crippen LogP contribution in [0.25, 0.3) is 11.3 Å². The molecule has 2 N–H and O–H groups in total. The Hall–Kier alpha value is -1.26. The summed E-state index contributed by atoms with van der Waals surface area (Å²) in [6.07, 6.45) is 8.23. The van der Waals surface area contributed by atoms with Crippen LogP contribution in [0.5, 0.6) is 0 Å². The molecule has 0 unspecified atom stereocenters. The second-order valence-electron chi connectivity index (χ2n) is 5.48. The van der Waals surface area contributed by atoms with Crippen LogP contribution in [-0.2, 0) is 6.54 Å². The number of thioether (sulfide) groups is 1. The van der Waals surface area contributed by atoms with Crippen molar-refractivity contribution in [2.24, 2.45) is 0 Å². The van der Waals surface area contributed by atoms with Crippen molar-refractivity contribution in [3.05, 3.63) is 42.1 Å². The van der Waals surface area contributed by atoms with E-state index in [0.29, 0.717) is 4.75 Å². The Morgan fingerprint density at radius 1 is 1.30 bits per heavy atom. The van der Waals surface area contributed by atoms with Gasteiger partial charge in [0.25, 0.3) is 0 Å². The summed E-state index contributed by atoms with van der Waals surface area (Å²) in [6, 6.07) is 10.4. The lowest BCUT2D eigenvalue weighted by molar-refractivity contribution is 0.345. The fourth-order valence-electron chi connectivity index (χ4n) is 2.75. The van der Waals surface area contributed by atoms with Gasteiger partial charge in [-0.25, -0.2) is 0 Å².